The van der Waals surface area contributed by atoms with Gasteiger partial charge >= 0.3 is 5.97 Å². The second kappa shape index (κ2) is 14.1. The van der Waals surface area contributed by atoms with Crippen LogP contribution in [0.2, 0.25) is 0 Å². The third-order valence-corrected chi connectivity index (χ3v) is 7.05. The van der Waals surface area contributed by atoms with E-state index in [0.717, 1.165) is 29.3 Å². The lowest BCUT2D eigenvalue weighted by Crippen LogP contribution is -2.35. The summed E-state index contributed by atoms with van der Waals surface area (Å²) in [7, 11) is 4.01. The summed E-state index contributed by atoms with van der Waals surface area (Å²) in [6, 6.07) is 27.5. The molecule has 0 unspecified atom stereocenters. The Morgan fingerprint density at radius 2 is 1.56 bits per heavy atom. The van der Waals surface area contributed by atoms with E-state index in [1.54, 1.807) is 24.3 Å². The maximum absolute atomic E-state index is 14.1. The lowest BCUT2D eigenvalue weighted by atomic mass is 10.0. The van der Waals surface area contributed by atoms with Gasteiger partial charge in [-0.05, 0) is 60.6 Å². The summed E-state index contributed by atoms with van der Waals surface area (Å²) in [5.41, 5.74) is 4.46. The van der Waals surface area contributed by atoms with Crippen LogP contribution >= 0.6 is 0 Å². The molecular formula is C35H34F2N2O4. The molecule has 0 radical (unpaired) electrons. The Labute approximate surface area is 250 Å². The van der Waals surface area contributed by atoms with Crippen molar-refractivity contribution in [3.8, 4) is 16.9 Å². The van der Waals surface area contributed by atoms with E-state index >= 15 is 0 Å². The average Bonchev–Trinajstić information content (AvgIpc) is 3.51. The van der Waals surface area contributed by atoms with Crippen molar-refractivity contribution in [3.63, 3.8) is 0 Å². The third-order valence-electron chi connectivity index (χ3n) is 7.05. The minimum absolute atomic E-state index is 0.111. The molecule has 222 valence electrons. The van der Waals surface area contributed by atoms with E-state index in [4.69, 9.17) is 13.9 Å². The Kier molecular flexibility index (Phi) is 9.81. The SMILES string of the molecule is CN(C)CCN(CC(=O)OCc1ccccc1)Cc1cccc(COc2ccc(-c3cc(F)c(F)c4ccoc34)cc2)c1. The number of likely N-dealkylation sites (N-methyl/N-ethyl adjacent to an activating group) is 1. The summed E-state index contributed by atoms with van der Waals surface area (Å²) in [4.78, 5) is 16.8. The van der Waals surface area contributed by atoms with Crippen LogP contribution in [-0.4, -0.2) is 49.5 Å². The molecule has 0 N–H and O–H groups in total. The number of nitrogens with zero attached hydrogens (tertiary/aromatic N) is 2. The number of furan rings is 1. The molecule has 5 rings (SSSR count). The molecule has 0 fully saturated rings. The number of hydrogen-bond donors (Lipinski definition) is 0. The van der Waals surface area contributed by atoms with E-state index in [9.17, 15) is 13.6 Å². The standard InChI is InChI=1S/C35H34F2N2O4/c1-38(2)16-17-39(22-33(40)43-23-25-7-4-3-5-8-25)21-26-9-6-10-27(19-26)24-42-29-13-11-28(12-14-29)31-20-32(36)34(37)30-15-18-41-35(30)31/h3-15,18-20H,16-17,21-24H2,1-2H3. The van der Waals surface area contributed by atoms with Crippen molar-refractivity contribution in [2.75, 3.05) is 33.7 Å². The molecule has 1 aromatic heterocycles. The molecule has 0 bridgehead atoms. The Morgan fingerprint density at radius 1 is 0.814 bits per heavy atom. The molecule has 4 aromatic carbocycles. The molecule has 0 spiro atoms. The van der Waals surface area contributed by atoms with Gasteiger partial charge in [0.05, 0.1) is 18.2 Å². The van der Waals surface area contributed by atoms with Crippen LogP contribution in [0.4, 0.5) is 8.78 Å². The van der Waals surface area contributed by atoms with Gasteiger partial charge in [-0.15, -0.1) is 0 Å². The van der Waals surface area contributed by atoms with Crippen LogP contribution in [0, 0.1) is 11.6 Å². The smallest absolute Gasteiger partial charge is 0.320 e. The average molecular weight is 585 g/mol. The summed E-state index contributed by atoms with van der Waals surface area (Å²) in [5, 5.41) is 0.111. The lowest BCUT2D eigenvalue weighted by molar-refractivity contribution is -0.146. The molecule has 0 amide bonds. The Hall–Kier alpha value is -4.53. The van der Waals surface area contributed by atoms with Gasteiger partial charge in [-0.25, -0.2) is 8.78 Å². The number of benzene rings is 4. The highest BCUT2D eigenvalue weighted by Crippen LogP contribution is 2.33. The summed E-state index contributed by atoms with van der Waals surface area (Å²) < 4.78 is 45.2. The number of esters is 1. The van der Waals surface area contributed by atoms with Gasteiger partial charge in [0, 0.05) is 25.2 Å². The molecule has 8 heteroatoms. The van der Waals surface area contributed by atoms with Crippen LogP contribution in [0.1, 0.15) is 16.7 Å². The first-order valence-corrected chi connectivity index (χ1v) is 14.1. The molecule has 43 heavy (non-hydrogen) atoms. The van der Waals surface area contributed by atoms with E-state index in [-0.39, 0.29) is 24.5 Å². The van der Waals surface area contributed by atoms with Gasteiger partial charge in [0.2, 0.25) is 0 Å². The fraction of sp³-hybridized carbons (Fsp3) is 0.229. The van der Waals surface area contributed by atoms with Gasteiger partial charge in [-0.3, -0.25) is 9.69 Å². The van der Waals surface area contributed by atoms with Gasteiger partial charge in [0.15, 0.2) is 11.6 Å². The fourth-order valence-corrected chi connectivity index (χ4v) is 4.78. The van der Waals surface area contributed by atoms with E-state index in [0.29, 0.717) is 42.2 Å². The maximum Gasteiger partial charge on any atom is 0.320 e. The van der Waals surface area contributed by atoms with E-state index in [2.05, 4.69) is 15.9 Å². The quantitative estimate of drug-likeness (QED) is 0.138. The lowest BCUT2D eigenvalue weighted by Gasteiger charge is -2.23. The highest BCUT2D eigenvalue weighted by atomic mass is 19.2. The number of carbonyl (C=O) groups excluding carboxylic acids is 1. The van der Waals surface area contributed by atoms with E-state index in [1.165, 1.54) is 12.3 Å². The minimum atomic E-state index is -0.923. The number of halogens is 2. The summed E-state index contributed by atoms with van der Waals surface area (Å²) in [5.74, 6) is -1.46. The van der Waals surface area contributed by atoms with Crippen LogP contribution < -0.4 is 4.74 Å². The molecule has 0 saturated heterocycles. The van der Waals surface area contributed by atoms with Gasteiger partial charge < -0.3 is 18.8 Å². The van der Waals surface area contributed by atoms with Crippen molar-refractivity contribution in [2.45, 2.75) is 19.8 Å². The summed E-state index contributed by atoms with van der Waals surface area (Å²) >= 11 is 0. The van der Waals surface area contributed by atoms with Crippen LogP contribution in [0.5, 0.6) is 5.75 Å². The van der Waals surface area contributed by atoms with E-state index < -0.39 is 11.6 Å². The van der Waals surface area contributed by atoms with Gasteiger partial charge in [0.25, 0.3) is 0 Å². The van der Waals surface area contributed by atoms with Crippen molar-refractivity contribution in [2.24, 2.45) is 0 Å². The summed E-state index contributed by atoms with van der Waals surface area (Å²) in [6.45, 7) is 2.90. The second-order valence-electron chi connectivity index (χ2n) is 10.7. The minimum Gasteiger partial charge on any atom is -0.489 e. The largest absolute Gasteiger partial charge is 0.489 e. The van der Waals surface area contributed by atoms with Gasteiger partial charge in [0.1, 0.15) is 24.5 Å². The second-order valence-corrected chi connectivity index (χ2v) is 10.7. The predicted molar refractivity (Wildman–Crippen MR) is 162 cm³/mol. The molecule has 0 aliphatic carbocycles. The number of ether oxygens (including phenoxy) is 2. The Morgan fingerprint density at radius 3 is 2.33 bits per heavy atom. The zero-order chi connectivity index (χ0) is 30.2. The maximum atomic E-state index is 14.1. The van der Waals surface area contributed by atoms with Crippen LogP contribution in [0.15, 0.2) is 102 Å². The topological polar surface area (TPSA) is 55.2 Å². The van der Waals surface area contributed by atoms with Crippen molar-refractivity contribution < 1.29 is 27.5 Å². The van der Waals surface area contributed by atoms with Gasteiger partial charge in [-0.2, -0.15) is 0 Å². The highest BCUT2D eigenvalue weighted by Gasteiger charge is 2.16. The molecule has 6 nitrogen and oxygen atoms in total. The summed E-state index contributed by atoms with van der Waals surface area (Å²) in [6.07, 6.45) is 1.35. The van der Waals surface area contributed by atoms with Crippen molar-refractivity contribution in [3.05, 3.63) is 126 Å². The van der Waals surface area contributed by atoms with Crippen molar-refractivity contribution >= 4 is 16.9 Å². The molecule has 0 saturated carbocycles. The number of fused-ring (bicyclic) bond motifs is 1. The molecule has 5 aromatic rings. The fourth-order valence-electron chi connectivity index (χ4n) is 4.78. The van der Waals surface area contributed by atoms with Crippen LogP contribution in [0.3, 0.4) is 0 Å². The molecule has 0 aliphatic rings. The monoisotopic (exact) mass is 584 g/mol. The molecule has 0 aliphatic heterocycles. The Balaban J connectivity index is 1.19. The highest BCUT2D eigenvalue weighted by molar-refractivity contribution is 5.93. The van der Waals surface area contributed by atoms with Crippen LogP contribution in [0.25, 0.3) is 22.1 Å². The van der Waals surface area contributed by atoms with Crippen LogP contribution in [-0.2, 0) is 29.3 Å². The van der Waals surface area contributed by atoms with E-state index in [1.807, 2.05) is 62.6 Å². The molecule has 1 heterocycles. The number of hydrogen-bond acceptors (Lipinski definition) is 6. The first-order valence-electron chi connectivity index (χ1n) is 14.1. The molecular weight excluding hydrogens is 550 g/mol. The van der Waals surface area contributed by atoms with Crippen molar-refractivity contribution in [1.29, 1.82) is 0 Å². The predicted octanol–water partition coefficient (Wildman–Crippen LogP) is 7.06. The first kappa shape index (κ1) is 29.9. The van der Waals surface area contributed by atoms with Crippen molar-refractivity contribution in [1.82, 2.24) is 9.80 Å². The number of rotatable bonds is 13. The zero-order valence-corrected chi connectivity index (χ0v) is 24.3. The Bertz CT molecular complexity index is 1650. The van der Waals surface area contributed by atoms with Gasteiger partial charge in [-0.1, -0.05) is 66.7 Å². The third kappa shape index (κ3) is 8.06. The molecule has 0 atom stereocenters. The first-order chi connectivity index (χ1) is 20.9. The number of carbonyl (C=O) groups is 1. The zero-order valence-electron chi connectivity index (χ0n) is 24.3. The normalized spacial score (nSPS) is 11.4.